The zero-order valence-electron chi connectivity index (χ0n) is 15.5. The van der Waals surface area contributed by atoms with Gasteiger partial charge in [-0.3, -0.25) is 9.69 Å². The molecule has 1 heterocycles. The Hall–Kier alpha value is -1.82. The van der Waals surface area contributed by atoms with E-state index >= 15 is 0 Å². The minimum Gasteiger partial charge on any atom is -0.455 e. The first kappa shape index (κ1) is 20.2. The summed E-state index contributed by atoms with van der Waals surface area (Å²) >= 11 is 0. The first-order valence-electron chi connectivity index (χ1n) is 8.03. The van der Waals surface area contributed by atoms with Crippen LogP contribution >= 0.6 is 0 Å². The zero-order valence-corrected chi connectivity index (χ0v) is 15.5. The van der Waals surface area contributed by atoms with Crippen LogP contribution in [0, 0.1) is 0 Å². The summed E-state index contributed by atoms with van der Waals surface area (Å²) in [5.41, 5.74) is -1.54. The number of hydrogen-bond donors (Lipinski definition) is 0. The fraction of sp³-hybridized carbons (Fsp3) is 0.667. The van der Waals surface area contributed by atoms with Gasteiger partial charge in [-0.25, -0.2) is 4.79 Å². The van der Waals surface area contributed by atoms with Crippen LogP contribution < -0.4 is 0 Å². The van der Waals surface area contributed by atoms with Crippen molar-refractivity contribution in [2.75, 3.05) is 0 Å². The van der Waals surface area contributed by atoms with Crippen molar-refractivity contribution in [1.82, 2.24) is 4.90 Å². The molecule has 24 heavy (non-hydrogen) atoms. The maximum absolute atomic E-state index is 12.7. The van der Waals surface area contributed by atoms with Crippen molar-refractivity contribution in [2.45, 2.75) is 77.5 Å². The molecular weight excluding hydrogens is 310 g/mol. The Bertz CT molecular complexity index is 506. The zero-order chi connectivity index (χ0) is 18.7. The molecule has 0 aromatic heterocycles. The summed E-state index contributed by atoms with van der Waals surface area (Å²) in [6.45, 7) is 17.8. The van der Waals surface area contributed by atoms with E-state index in [2.05, 4.69) is 13.2 Å². The number of carbonyl (C=O) groups excluding carboxylic acids is 2. The molecule has 6 heteroatoms. The largest absolute Gasteiger partial charge is 0.455 e. The van der Waals surface area contributed by atoms with E-state index in [1.165, 1.54) is 13.0 Å². The molecule has 0 saturated carbocycles. The average Bonchev–Trinajstić information content (AvgIpc) is 2.65. The lowest BCUT2D eigenvalue weighted by Gasteiger charge is -2.35. The first-order valence-corrected chi connectivity index (χ1v) is 8.03. The minimum absolute atomic E-state index is 0.380. The highest BCUT2D eigenvalue weighted by Gasteiger charge is 2.53. The second kappa shape index (κ2) is 7.38. The van der Waals surface area contributed by atoms with E-state index in [1.807, 2.05) is 0 Å². The Morgan fingerprint density at radius 3 is 2.33 bits per heavy atom. The summed E-state index contributed by atoms with van der Waals surface area (Å²) < 4.78 is 16.8. The molecule has 0 N–H and O–H groups in total. The number of rotatable bonds is 5. The van der Waals surface area contributed by atoms with Gasteiger partial charge in [0.05, 0.1) is 6.04 Å². The summed E-state index contributed by atoms with van der Waals surface area (Å²) in [6, 6.07) is -0.380. The van der Waals surface area contributed by atoms with Gasteiger partial charge < -0.3 is 14.2 Å². The van der Waals surface area contributed by atoms with E-state index in [4.69, 9.17) is 14.2 Å². The second-order valence-electron chi connectivity index (χ2n) is 7.28. The molecule has 0 radical (unpaired) electrons. The minimum atomic E-state index is -0.915. The maximum Gasteiger partial charge on any atom is 0.412 e. The standard InChI is InChI=1S/C18H29NO5/c1-9-11-13-15(14(10-2)22-12(3)20)23-18(7,8)19(13)16(21)24-17(4,5)6/h9-10,13-15H,1-2,11H2,3-8H3/t13-,14-,15-/m1/s1. The van der Waals surface area contributed by atoms with Crippen LogP contribution in [0.25, 0.3) is 0 Å². The summed E-state index contributed by atoms with van der Waals surface area (Å²) in [5, 5.41) is 0. The number of hydrogen-bond acceptors (Lipinski definition) is 5. The Morgan fingerprint density at radius 1 is 1.33 bits per heavy atom. The number of carbonyl (C=O) groups is 2. The van der Waals surface area contributed by atoms with Crippen molar-refractivity contribution in [3.8, 4) is 0 Å². The Labute approximate surface area is 144 Å². The fourth-order valence-electron chi connectivity index (χ4n) is 2.82. The second-order valence-corrected chi connectivity index (χ2v) is 7.28. The molecule has 0 spiro atoms. The van der Waals surface area contributed by atoms with Gasteiger partial charge in [0.1, 0.15) is 23.5 Å². The Balaban J connectivity index is 3.17. The molecule has 1 aliphatic rings. The topological polar surface area (TPSA) is 65.1 Å². The molecule has 1 rings (SSSR count). The SMILES string of the molecule is C=CC[C@@H]1[C@H]([C@@H](C=C)OC(C)=O)OC(C)(C)N1C(=O)OC(C)(C)C. The highest BCUT2D eigenvalue weighted by Crippen LogP contribution is 2.37. The molecule has 136 valence electrons. The van der Waals surface area contributed by atoms with E-state index in [9.17, 15) is 9.59 Å². The highest BCUT2D eigenvalue weighted by atomic mass is 16.6. The van der Waals surface area contributed by atoms with Gasteiger partial charge in [0.2, 0.25) is 0 Å². The maximum atomic E-state index is 12.7. The monoisotopic (exact) mass is 339 g/mol. The van der Waals surface area contributed by atoms with Gasteiger partial charge in [0.25, 0.3) is 0 Å². The molecule has 0 aromatic carbocycles. The lowest BCUT2D eigenvalue weighted by molar-refractivity contribution is -0.154. The summed E-state index contributed by atoms with van der Waals surface area (Å²) in [4.78, 5) is 25.6. The quantitative estimate of drug-likeness (QED) is 0.567. The van der Waals surface area contributed by atoms with Crippen LogP contribution in [-0.4, -0.2) is 46.5 Å². The normalized spacial score (nSPS) is 24.2. The summed E-state index contributed by atoms with van der Waals surface area (Å²) in [7, 11) is 0. The van der Waals surface area contributed by atoms with Crippen molar-refractivity contribution in [3.63, 3.8) is 0 Å². The van der Waals surface area contributed by atoms with Gasteiger partial charge >= 0.3 is 12.1 Å². The molecule has 0 aromatic rings. The van der Waals surface area contributed by atoms with Crippen molar-refractivity contribution < 1.29 is 23.8 Å². The predicted molar refractivity (Wildman–Crippen MR) is 91.4 cm³/mol. The average molecular weight is 339 g/mol. The lowest BCUT2D eigenvalue weighted by Crippen LogP contribution is -2.50. The van der Waals surface area contributed by atoms with E-state index in [0.717, 1.165) is 0 Å². The fourth-order valence-corrected chi connectivity index (χ4v) is 2.82. The molecule has 6 nitrogen and oxygen atoms in total. The molecule has 0 bridgehead atoms. The molecule has 3 atom stereocenters. The Morgan fingerprint density at radius 2 is 1.92 bits per heavy atom. The van der Waals surface area contributed by atoms with E-state index < -0.39 is 35.6 Å². The molecule has 0 unspecified atom stereocenters. The number of ether oxygens (including phenoxy) is 3. The van der Waals surface area contributed by atoms with Crippen molar-refractivity contribution >= 4 is 12.1 Å². The molecule has 0 aliphatic carbocycles. The van der Waals surface area contributed by atoms with Crippen molar-refractivity contribution in [2.24, 2.45) is 0 Å². The van der Waals surface area contributed by atoms with E-state index in [0.29, 0.717) is 6.42 Å². The Kier molecular flexibility index (Phi) is 6.22. The van der Waals surface area contributed by atoms with Crippen LogP contribution in [0.15, 0.2) is 25.3 Å². The van der Waals surface area contributed by atoms with Gasteiger partial charge in [-0.2, -0.15) is 0 Å². The number of amides is 1. The van der Waals surface area contributed by atoms with Crippen LogP contribution in [-0.2, 0) is 19.0 Å². The van der Waals surface area contributed by atoms with Crippen molar-refractivity contribution in [1.29, 1.82) is 0 Å². The highest BCUT2D eigenvalue weighted by molar-refractivity contribution is 5.70. The number of esters is 1. The molecular formula is C18H29NO5. The molecule has 1 fully saturated rings. The van der Waals surface area contributed by atoms with Gasteiger partial charge in [-0.1, -0.05) is 12.7 Å². The van der Waals surface area contributed by atoms with Crippen LogP contribution in [0.3, 0.4) is 0 Å². The third-order valence-electron chi connectivity index (χ3n) is 3.57. The van der Waals surface area contributed by atoms with Crippen LogP contribution in [0.4, 0.5) is 4.79 Å². The summed E-state index contributed by atoms with van der Waals surface area (Å²) in [6.07, 6.45) is 1.99. The van der Waals surface area contributed by atoms with Crippen molar-refractivity contribution in [3.05, 3.63) is 25.3 Å². The predicted octanol–water partition coefficient (Wildman–Crippen LogP) is 3.42. The molecule has 1 saturated heterocycles. The van der Waals surface area contributed by atoms with Crippen LogP contribution in [0.1, 0.15) is 48.0 Å². The molecule has 1 aliphatic heterocycles. The number of nitrogens with zero attached hydrogens (tertiary/aromatic N) is 1. The lowest BCUT2D eigenvalue weighted by atomic mass is 10.0. The smallest absolute Gasteiger partial charge is 0.412 e. The first-order chi connectivity index (χ1) is 10.9. The van der Waals surface area contributed by atoms with Gasteiger partial charge in [-0.05, 0) is 47.1 Å². The summed E-state index contributed by atoms with van der Waals surface area (Å²) in [5.74, 6) is -0.436. The molecule has 1 amide bonds. The van der Waals surface area contributed by atoms with Gasteiger partial charge in [0.15, 0.2) is 0 Å². The van der Waals surface area contributed by atoms with Crippen LogP contribution in [0.2, 0.25) is 0 Å². The van der Waals surface area contributed by atoms with Gasteiger partial charge in [0, 0.05) is 6.92 Å². The van der Waals surface area contributed by atoms with Crippen LogP contribution in [0.5, 0.6) is 0 Å². The third-order valence-corrected chi connectivity index (χ3v) is 3.57. The third kappa shape index (κ3) is 4.84. The van der Waals surface area contributed by atoms with E-state index in [1.54, 1.807) is 45.6 Å². The van der Waals surface area contributed by atoms with Gasteiger partial charge in [-0.15, -0.1) is 6.58 Å². The van der Waals surface area contributed by atoms with E-state index in [-0.39, 0.29) is 6.04 Å².